The Morgan fingerprint density at radius 1 is 1.25 bits per heavy atom. The summed E-state index contributed by atoms with van der Waals surface area (Å²) in [6.07, 6.45) is 1.77. The number of rotatable bonds is 11. The second kappa shape index (κ2) is 11.1. The van der Waals surface area contributed by atoms with Gasteiger partial charge < -0.3 is 28.6 Å². The highest BCUT2D eigenvalue weighted by Gasteiger charge is 2.52. The van der Waals surface area contributed by atoms with Crippen LogP contribution in [-0.2, 0) is 23.6 Å². The lowest BCUT2D eigenvalue weighted by Crippen LogP contribution is -2.41. The van der Waals surface area contributed by atoms with E-state index < -0.39 is 30.4 Å². The third kappa shape index (κ3) is 6.69. The average molecular weight is 446 g/mol. The van der Waals surface area contributed by atoms with Gasteiger partial charge in [-0.25, -0.2) is 0 Å². The number of benzene rings is 1. The number of carbonyl (C=O) groups excluding carboxylic acids is 1. The molecule has 7 nitrogen and oxygen atoms in total. The molecule has 176 valence electrons. The van der Waals surface area contributed by atoms with Crippen LogP contribution in [-0.4, -0.2) is 56.3 Å². The number of methoxy groups -OCH3 is 1. The lowest BCUT2D eigenvalue weighted by atomic mass is 9.73. The van der Waals surface area contributed by atoms with Gasteiger partial charge in [0.2, 0.25) is 0 Å². The zero-order chi connectivity index (χ0) is 23.9. The van der Waals surface area contributed by atoms with Crippen molar-refractivity contribution in [3.8, 4) is 5.75 Å². The molecule has 1 atom stereocenters. The highest BCUT2D eigenvalue weighted by molar-refractivity contribution is 6.56. The van der Waals surface area contributed by atoms with Crippen LogP contribution in [0.25, 0.3) is 0 Å². The van der Waals surface area contributed by atoms with E-state index in [0.29, 0.717) is 18.8 Å². The van der Waals surface area contributed by atoms with Crippen LogP contribution in [0.5, 0.6) is 5.75 Å². The van der Waals surface area contributed by atoms with Crippen molar-refractivity contribution < 1.29 is 33.4 Å². The molecule has 0 spiro atoms. The molecule has 1 heterocycles. The number of hydrogen-bond acceptors (Lipinski definition) is 7. The minimum atomic E-state index is -0.611. The Morgan fingerprint density at radius 3 is 2.47 bits per heavy atom. The van der Waals surface area contributed by atoms with Gasteiger partial charge in [-0.15, -0.1) is 0 Å². The molecular weight excluding hydrogens is 411 g/mol. The fraction of sp³-hybridized carbons (Fsp3) is 0.542. The van der Waals surface area contributed by atoms with Crippen molar-refractivity contribution in [2.75, 3.05) is 26.9 Å². The molecule has 1 fully saturated rings. The van der Waals surface area contributed by atoms with Crippen LogP contribution in [0.2, 0.25) is 0 Å². The first-order valence-electron chi connectivity index (χ1n) is 10.7. The number of esters is 1. The van der Waals surface area contributed by atoms with E-state index in [0.717, 1.165) is 16.6 Å². The zero-order valence-corrected chi connectivity index (χ0v) is 20.0. The molecule has 0 amide bonds. The van der Waals surface area contributed by atoms with Crippen molar-refractivity contribution in [2.24, 2.45) is 0 Å². The first kappa shape index (κ1) is 26.1. The molecule has 0 radical (unpaired) electrons. The highest BCUT2D eigenvalue weighted by Crippen LogP contribution is 2.40. The first-order chi connectivity index (χ1) is 15.0. The lowest BCUT2D eigenvalue weighted by molar-refractivity contribution is -0.146. The predicted octanol–water partition coefficient (Wildman–Crippen LogP) is 3.81. The second-order valence-electron chi connectivity index (χ2n) is 8.76. The summed E-state index contributed by atoms with van der Waals surface area (Å²) in [6.45, 7) is 13.9. The van der Waals surface area contributed by atoms with Gasteiger partial charge in [0.05, 0.1) is 24.4 Å². The Kier molecular flexibility index (Phi) is 9.10. The summed E-state index contributed by atoms with van der Waals surface area (Å²) in [6, 6.07) is 7.28. The van der Waals surface area contributed by atoms with Gasteiger partial charge in [0.15, 0.2) is 0 Å². The number of aliphatic hydroxyl groups is 1. The lowest BCUT2D eigenvalue weighted by Gasteiger charge is -2.32. The fourth-order valence-electron chi connectivity index (χ4n) is 3.29. The van der Waals surface area contributed by atoms with Crippen LogP contribution in [0.1, 0.15) is 52.7 Å². The average Bonchev–Trinajstić information content (AvgIpc) is 2.92. The summed E-state index contributed by atoms with van der Waals surface area (Å²) < 4.78 is 28.8. The van der Waals surface area contributed by atoms with Crippen LogP contribution < -0.4 is 4.74 Å². The van der Waals surface area contributed by atoms with E-state index in [1.165, 1.54) is 6.92 Å². The summed E-state index contributed by atoms with van der Waals surface area (Å²) >= 11 is 0. The van der Waals surface area contributed by atoms with Crippen LogP contribution >= 0.6 is 0 Å². The molecule has 32 heavy (non-hydrogen) atoms. The van der Waals surface area contributed by atoms with E-state index in [2.05, 4.69) is 6.58 Å². The maximum atomic E-state index is 11.8. The maximum Gasteiger partial charge on any atom is 0.494 e. The van der Waals surface area contributed by atoms with E-state index in [1.54, 1.807) is 19.2 Å². The molecule has 1 aliphatic rings. The molecular formula is C24H35BO7. The Hall–Kier alpha value is -2.13. The normalized spacial score (nSPS) is 18.3. The van der Waals surface area contributed by atoms with Crippen molar-refractivity contribution >= 4 is 13.1 Å². The van der Waals surface area contributed by atoms with E-state index in [9.17, 15) is 4.79 Å². The summed E-state index contributed by atoms with van der Waals surface area (Å²) in [5.41, 5.74) is 1.26. The molecule has 0 unspecified atom stereocenters. The molecule has 8 heteroatoms. The topological polar surface area (TPSA) is 83.5 Å². The molecule has 1 N–H and O–H groups in total. The van der Waals surface area contributed by atoms with Crippen molar-refractivity contribution in [2.45, 2.75) is 58.3 Å². The van der Waals surface area contributed by atoms with Crippen molar-refractivity contribution in [3.63, 3.8) is 0 Å². The smallest absolute Gasteiger partial charge is 0.491 e. The Bertz CT molecular complexity index is 815. The van der Waals surface area contributed by atoms with Gasteiger partial charge in [-0.3, -0.25) is 4.79 Å². The Balaban J connectivity index is 2.33. The highest BCUT2D eigenvalue weighted by atomic mass is 16.7. The third-order valence-corrected chi connectivity index (χ3v) is 5.68. The summed E-state index contributed by atoms with van der Waals surface area (Å²) in [5, 5.41) is 9.00. The van der Waals surface area contributed by atoms with Crippen LogP contribution in [0, 0.1) is 0 Å². The van der Waals surface area contributed by atoms with Gasteiger partial charge in [-0.2, -0.15) is 0 Å². The summed E-state index contributed by atoms with van der Waals surface area (Å²) in [5.74, 6) is 0.200. The number of hydrogen-bond donors (Lipinski definition) is 1. The van der Waals surface area contributed by atoms with Crippen molar-refractivity contribution in [1.29, 1.82) is 0 Å². The number of aliphatic hydroxyl groups excluding tert-OH is 1. The standard InChI is InChI=1S/C24H35BO7/c1-17(16-28-7)21(25-31-23(3,4)24(5,6)32-25)11-12-22(30-18(2)27)19-9-8-10-20(15-19)29-14-13-26/h8-11,15,22,26H,1,12-14,16H2,2-7H3/b21-11-/t22-/m0/s1. The quantitative estimate of drug-likeness (QED) is 0.314. The van der Waals surface area contributed by atoms with Gasteiger partial charge in [0.25, 0.3) is 0 Å². The predicted molar refractivity (Wildman–Crippen MR) is 123 cm³/mol. The van der Waals surface area contributed by atoms with E-state index >= 15 is 0 Å². The monoisotopic (exact) mass is 446 g/mol. The number of ether oxygens (including phenoxy) is 3. The molecule has 1 saturated heterocycles. The molecule has 0 aliphatic carbocycles. The van der Waals surface area contributed by atoms with Crippen LogP contribution in [0.4, 0.5) is 0 Å². The molecule has 1 aromatic rings. The summed E-state index contributed by atoms with van der Waals surface area (Å²) in [7, 11) is 0.993. The SMILES string of the molecule is C=C(COC)/C(=C/C[C@H](OC(C)=O)c1cccc(OCCO)c1)B1OC(C)(C)C(C)(C)O1. The Morgan fingerprint density at radius 2 is 1.91 bits per heavy atom. The molecule has 0 saturated carbocycles. The first-order valence-corrected chi connectivity index (χ1v) is 10.7. The fourth-order valence-corrected chi connectivity index (χ4v) is 3.29. The number of carbonyl (C=O) groups is 1. The second-order valence-corrected chi connectivity index (χ2v) is 8.76. The van der Waals surface area contributed by atoms with Gasteiger partial charge in [0.1, 0.15) is 18.5 Å². The maximum absolute atomic E-state index is 11.8. The van der Waals surface area contributed by atoms with Gasteiger partial charge in [0, 0.05) is 20.5 Å². The van der Waals surface area contributed by atoms with Crippen molar-refractivity contribution in [1.82, 2.24) is 0 Å². The zero-order valence-electron chi connectivity index (χ0n) is 20.0. The minimum absolute atomic E-state index is 0.0839. The van der Waals surface area contributed by atoms with E-state index in [-0.39, 0.29) is 13.2 Å². The molecule has 1 aliphatic heterocycles. The third-order valence-electron chi connectivity index (χ3n) is 5.68. The molecule has 0 aromatic heterocycles. The largest absolute Gasteiger partial charge is 0.494 e. The van der Waals surface area contributed by atoms with Crippen molar-refractivity contribution in [3.05, 3.63) is 53.5 Å². The minimum Gasteiger partial charge on any atom is -0.491 e. The summed E-state index contributed by atoms with van der Waals surface area (Å²) in [4.78, 5) is 11.8. The molecule has 0 bridgehead atoms. The van der Waals surface area contributed by atoms with Crippen LogP contribution in [0.15, 0.2) is 48.0 Å². The molecule has 1 aromatic carbocycles. The van der Waals surface area contributed by atoms with Gasteiger partial charge >= 0.3 is 13.1 Å². The Labute approximate surface area is 191 Å². The molecule has 2 rings (SSSR count). The van der Waals surface area contributed by atoms with E-state index in [4.69, 9.17) is 28.6 Å². The van der Waals surface area contributed by atoms with Gasteiger partial charge in [-0.1, -0.05) is 24.8 Å². The van der Waals surface area contributed by atoms with Gasteiger partial charge in [-0.05, 0) is 56.4 Å². The van der Waals surface area contributed by atoms with Crippen LogP contribution in [0.3, 0.4) is 0 Å². The van der Waals surface area contributed by atoms with E-state index in [1.807, 2.05) is 45.9 Å².